The molecule has 0 aliphatic heterocycles. The monoisotopic (exact) mass is 267 g/mol. The number of hydrogen-bond acceptors (Lipinski definition) is 2. The van der Waals surface area contributed by atoms with Crippen molar-refractivity contribution < 1.29 is 18.3 Å². The molecule has 6 heteroatoms. The molecule has 1 aromatic rings. The van der Waals surface area contributed by atoms with Gasteiger partial charge in [-0.1, -0.05) is 6.07 Å². The fourth-order valence-electron chi connectivity index (χ4n) is 1.27. The van der Waals surface area contributed by atoms with E-state index in [0.29, 0.717) is 11.3 Å². The summed E-state index contributed by atoms with van der Waals surface area (Å²) in [6.45, 7) is 1.81. The second kappa shape index (κ2) is 5.60. The van der Waals surface area contributed by atoms with Crippen molar-refractivity contribution in [2.24, 2.45) is 0 Å². The number of nitrogens with one attached hydrogen (secondary N) is 1. The standard InChI is InChI=1S/C11H13ClF3NO/c1-7-2-3-8(11(13,14)15)4-10(7)16-6-9(17)5-12/h2-4,9,16-17H,5-6H2,1H3. The lowest BCUT2D eigenvalue weighted by Gasteiger charge is -2.14. The number of anilines is 1. The fraction of sp³-hybridized carbons (Fsp3) is 0.455. The van der Waals surface area contributed by atoms with E-state index >= 15 is 0 Å². The summed E-state index contributed by atoms with van der Waals surface area (Å²) in [5.41, 5.74) is 0.315. The van der Waals surface area contributed by atoms with Crippen molar-refractivity contribution in [2.45, 2.75) is 19.2 Å². The maximum Gasteiger partial charge on any atom is 0.416 e. The summed E-state index contributed by atoms with van der Waals surface area (Å²) in [5.74, 6) is 0.0327. The summed E-state index contributed by atoms with van der Waals surface area (Å²) < 4.78 is 37.4. The Balaban J connectivity index is 2.84. The molecule has 2 nitrogen and oxygen atoms in total. The average molecular weight is 268 g/mol. The van der Waals surface area contributed by atoms with E-state index in [9.17, 15) is 18.3 Å². The number of hydrogen-bond donors (Lipinski definition) is 2. The molecule has 1 rings (SSSR count). The zero-order valence-corrected chi connectivity index (χ0v) is 9.94. The predicted octanol–water partition coefficient (Wildman–Crippen LogP) is 3.03. The molecule has 0 bridgehead atoms. The maximum absolute atomic E-state index is 12.5. The summed E-state index contributed by atoms with van der Waals surface area (Å²) in [7, 11) is 0. The second-order valence-corrected chi connectivity index (χ2v) is 4.03. The lowest BCUT2D eigenvalue weighted by atomic mass is 10.1. The quantitative estimate of drug-likeness (QED) is 0.822. The van der Waals surface area contributed by atoms with Gasteiger partial charge in [-0.05, 0) is 24.6 Å². The molecule has 0 spiro atoms. The molecule has 1 aromatic carbocycles. The van der Waals surface area contributed by atoms with E-state index in [2.05, 4.69) is 5.32 Å². The Hall–Kier alpha value is -0.940. The molecule has 0 fully saturated rings. The van der Waals surface area contributed by atoms with Gasteiger partial charge in [0.1, 0.15) is 0 Å². The molecular formula is C11H13ClF3NO. The number of benzene rings is 1. The van der Waals surface area contributed by atoms with Gasteiger partial charge in [0.2, 0.25) is 0 Å². The first-order valence-corrected chi connectivity index (χ1v) is 5.54. The average Bonchev–Trinajstić information content (AvgIpc) is 2.26. The zero-order chi connectivity index (χ0) is 13.1. The molecule has 1 unspecified atom stereocenters. The van der Waals surface area contributed by atoms with Crippen LogP contribution in [-0.2, 0) is 6.18 Å². The Labute approximate surface area is 102 Å². The molecule has 0 saturated heterocycles. The Kier molecular flexibility index (Phi) is 4.65. The second-order valence-electron chi connectivity index (χ2n) is 3.72. The molecule has 0 amide bonds. The molecule has 0 aromatic heterocycles. The summed E-state index contributed by atoms with van der Waals surface area (Å²) in [6, 6.07) is 3.44. The first-order chi connectivity index (χ1) is 7.84. The Morgan fingerprint density at radius 3 is 2.59 bits per heavy atom. The van der Waals surface area contributed by atoms with Crippen LogP contribution in [0.5, 0.6) is 0 Å². The van der Waals surface area contributed by atoms with Gasteiger partial charge in [0.15, 0.2) is 0 Å². The molecule has 0 aliphatic carbocycles. The van der Waals surface area contributed by atoms with Crippen molar-refractivity contribution >= 4 is 17.3 Å². The van der Waals surface area contributed by atoms with E-state index in [1.807, 2.05) is 0 Å². The number of halogens is 4. The summed E-state index contributed by atoms with van der Waals surface area (Å²) in [6.07, 6.45) is -5.15. The first-order valence-electron chi connectivity index (χ1n) is 5.00. The van der Waals surface area contributed by atoms with Crippen molar-refractivity contribution in [2.75, 3.05) is 17.7 Å². The van der Waals surface area contributed by atoms with Gasteiger partial charge in [-0.15, -0.1) is 11.6 Å². The van der Waals surface area contributed by atoms with E-state index < -0.39 is 17.8 Å². The van der Waals surface area contributed by atoms with Crippen molar-refractivity contribution in [3.05, 3.63) is 29.3 Å². The van der Waals surface area contributed by atoms with Crippen LogP contribution in [0, 0.1) is 6.92 Å². The smallest absolute Gasteiger partial charge is 0.390 e. The van der Waals surface area contributed by atoms with Gasteiger partial charge in [-0.2, -0.15) is 13.2 Å². The van der Waals surface area contributed by atoms with Gasteiger partial charge in [0.25, 0.3) is 0 Å². The van der Waals surface area contributed by atoms with Crippen molar-refractivity contribution in [1.29, 1.82) is 0 Å². The highest BCUT2D eigenvalue weighted by Crippen LogP contribution is 2.31. The number of aryl methyl sites for hydroxylation is 1. The van der Waals surface area contributed by atoms with Crippen LogP contribution in [0.2, 0.25) is 0 Å². The fourth-order valence-corrected chi connectivity index (χ4v) is 1.38. The largest absolute Gasteiger partial charge is 0.416 e. The number of alkyl halides is 4. The van der Waals surface area contributed by atoms with Crippen molar-refractivity contribution in [3.8, 4) is 0 Å². The Bertz CT molecular complexity index is 381. The molecule has 0 heterocycles. The van der Waals surface area contributed by atoms with E-state index in [1.165, 1.54) is 6.07 Å². The molecule has 0 radical (unpaired) electrons. The SMILES string of the molecule is Cc1ccc(C(F)(F)F)cc1NCC(O)CCl. The van der Waals surface area contributed by atoms with E-state index in [1.54, 1.807) is 6.92 Å². The lowest BCUT2D eigenvalue weighted by molar-refractivity contribution is -0.137. The molecule has 0 saturated carbocycles. The van der Waals surface area contributed by atoms with Crippen molar-refractivity contribution in [3.63, 3.8) is 0 Å². The molecular weight excluding hydrogens is 255 g/mol. The zero-order valence-electron chi connectivity index (χ0n) is 9.18. The van der Waals surface area contributed by atoms with E-state index in [0.717, 1.165) is 12.1 Å². The predicted molar refractivity (Wildman–Crippen MR) is 61.4 cm³/mol. The van der Waals surface area contributed by atoms with Crippen LogP contribution >= 0.6 is 11.6 Å². The van der Waals surface area contributed by atoms with Crippen LogP contribution in [0.1, 0.15) is 11.1 Å². The summed E-state index contributed by atoms with van der Waals surface area (Å²) in [5, 5.41) is 12.0. The molecule has 0 aliphatic rings. The third kappa shape index (κ3) is 4.09. The highest BCUT2D eigenvalue weighted by Gasteiger charge is 2.30. The first kappa shape index (κ1) is 14.1. The highest BCUT2D eigenvalue weighted by atomic mass is 35.5. The third-order valence-corrected chi connectivity index (χ3v) is 2.63. The van der Waals surface area contributed by atoms with Gasteiger partial charge >= 0.3 is 6.18 Å². The minimum Gasteiger partial charge on any atom is -0.390 e. The Morgan fingerprint density at radius 1 is 1.41 bits per heavy atom. The van der Waals surface area contributed by atoms with Gasteiger partial charge in [-0.3, -0.25) is 0 Å². The number of aliphatic hydroxyl groups excluding tert-OH is 1. The normalized spacial score (nSPS) is 13.5. The summed E-state index contributed by atoms with van der Waals surface area (Å²) in [4.78, 5) is 0. The van der Waals surface area contributed by atoms with Crippen molar-refractivity contribution in [1.82, 2.24) is 0 Å². The van der Waals surface area contributed by atoms with Crippen LogP contribution < -0.4 is 5.32 Å². The van der Waals surface area contributed by atoms with Crippen LogP contribution in [-0.4, -0.2) is 23.6 Å². The topological polar surface area (TPSA) is 32.3 Å². The van der Waals surface area contributed by atoms with Gasteiger partial charge in [0, 0.05) is 12.2 Å². The lowest BCUT2D eigenvalue weighted by Crippen LogP contribution is -2.21. The van der Waals surface area contributed by atoms with E-state index in [-0.39, 0.29) is 12.4 Å². The van der Waals surface area contributed by atoms with Crippen LogP contribution in [0.4, 0.5) is 18.9 Å². The Morgan fingerprint density at radius 2 is 2.06 bits per heavy atom. The molecule has 96 valence electrons. The highest BCUT2D eigenvalue weighted by molar-refractivity contribution is 6.18. The number of aliphatic hydroxyl groups is 1. The molecule has 17 heavy (non-hydrogen) atoms. The third-order valence-electron chi connectivity index (χ3n) is 2.27. The van der Waals surface area contributed by atoms with Crippen LogP contribution in [0.25, 0.3) is 0 Å². The minimum absolute atomic E-state index is 0.0327. The molecule has 1 atom stereocenters. The summed E-state index contributed by atoms with van der Waals surface area (Å²) >= 11 is 5.39. The van der Waals surface area contributed by atoms with Gasteiger partial charge in [0.05, 0.1) is 17.5 Å². The maximum atomic E-state index is 12.5. The van der Waals surface area contributed by atoms with Gasteiger partial charge in [-0.25, -0.2) is 0 Å². The minimum atomic E-state index is -4.37. The number of rotatable bonds is 4. The molecule has 2 N–H and O–H groups in total. The van der Waals surface area contributed by atoms with Crippen LogP contribution in [0.3, 0.4) is 0 Å². The van der Waals surface area contributed by atoms with Gasteiger partial charge < -0.3 is 10.4 Å². The van der Waals surface area contributed by atoms with E-state index in [4.69, 9.17) is 11.6 Å². The van der Waals surface area contributed by atoms with Crippen LogP contribution in [0.15, 0.2) is 18.2 Å².